The third-order valence-electron chi connectivity index (χ3n) is 5.41. The van der Waals surface area contributed by atoms with Crippen LogP contribution in [-0.2, 0) is 7.05 Å². The van der Waals surface area contributed by atoms with Gasteiger partial charge < -0.3 is 9.64 Å². The van der Waals surface area contributed by atoms with E-state index in [0.29, 0.717) is 35.3 Å². The molecule has 3 aromatic rings. The molecule has 0 bridgehead atoms. The molecular weight excluding hydrogens is 440 g/mol. The van der Waals surface area contributed by atoms with Crippen molar-refractivity contribution < 1.29 is 18.3 Å². The average molecular weight is 459 g/mol. The molecule has 2 aliphatic rings. The van der Waals surface area contributed by atoms with Crippen LogP contribution in [0.1, 0.15) is 23.6 Å². The number of likely N-dealkylation sites (tertiary alicyclic amines) is 1. The van der Waals surface area contributed by atoms with Gasteiger partial charge in [-0.25, -0.2) is 18.6 Å². The molecule has 1 aromatic carbocycles. The van der Waals surface area contributed by atoms with Crippen molar-refractivity contribution >= 4 is 23.6 Å². The van der Waals surface area contributed by atoms with Gasteiger partial charge in [0.15, 0.2) is 5.01 Å². The molecule has 0 aliphatic carbocycles. The number of aryl methyl sites for hydroxylation is 2. The lowest BCUT2D eigenvalue weighted by Crippen LogP contribution is -2.58. The van der Waals surface area contributed by atoms with Gasteiger partial charge in [-0.3, -0.25) is 4.68 Å². The number of amides is 2. The fraction of sp³-hybridized carbons (Fsp3) is 0.350. The van der Waals surface area contributed by atoms with E-state index in [2.05, 4.69) is 20.4 Å². The van der Waals surface area contributed by atoms with E-state index in [-0.39, 0.29) is 12.1 Å². The first-order valence-electron chi connectivity index (χ1n) is 9.94. The number of hydrazone groups is 1. The highest BCUT2D eigenvalue weighted by Gasteiger charge is 2.39. The third-order valence-corrected chi connectivity index (χ3v) is 6.23. The first-order chi connectivity index (χ1) is 15.4. The Morgan fingerprint density at radius 1 is 1.19 bits per heavy atom. The summed E-state index contributed by atoms with van der Waals surface area (Å²) < 4.78 is 34.8. The minimum Gasteiger partial charge on any atom is -0.462 e. The Kier molecular flexibility index (Phi) is 5.08. The number of rotatable bonds is 4. The minimum atomic E-state index is -0.686. The van der Waals surface area contributed by atoms with Crippen molar-refractivity contribution in [1.82, 2.24) is 29.9 Å². The SMILES string of the molecule is Cc1cnn(C)c1-c1nnc(OC2CN(C(=O)N3N=CC[C@H]3c3cc(F)cc(F)c3)C2)s1. The Balaban J connectivity index is 1.20. The quantitative estimate of drug-likeness (QED) is 0.598. The van der Waals surface area contributed by atoms with Crippen LogP contribution in [0.3, 0.4) is 0 Å². The Hall–Kier alpha value is -3.41. The van der Waals surface area contributed by atoms with Crippen molar-refractivity contribution in [3.8, 4) is 15.9 Å². The predicted molar refractivity (Wildman–Crippen MR) is 112 cm³/mol. The number of aromatic nitrogens is 4. The maximum atomic E-state index is 13.6. The summed E-state index contributed by atoms with van der Waals surface area (Å²) in [5.74, 6) is -1.37. The lowest BCUT2D eigenvalue weighted by molar-refractivity contribution is 0.0272. The second-order valence-electron chi connectivity index (χ2n) is 7.70. The first kappa shape index (κ1) is 20.5. The molecule has 0 spiro atoms. The molecule has 1 fully saturated rings. The van der Waals surface area contributed by atoms with E-state index in [1.165, 1.54) is 28.5 Å². The highest BCUT2D eigenvalue weighted by Crippen LogP contribution is 2.33. The van der Waals surface area contributed by atoms with Gasteiger partial charge in [-0.05, 0) is 30.2 Å². The summed E-state index contributed by atoms with van der Waals surface area (Å²) in [6, 6.07) is 2.37. The molecular formula is C20H19F2N7O2S. The van der Waals surface area contributed by atoms with E-state index in [0.717, 1.165) is 17.3 Å². The molecule has 4 heterocycles. The van der Waals surface area contributed by atoms with Crippen molar-refractivity contribution in [2.24, 2.45) is 12.1 Å². The lowest BCUT2D eigenvalue weighted by atomic mass is 10.0. The van der Waals surface area contributed by atoms with E-state index in [4.69, 9.17) is 4.74 Å². The zero-order valence-electron chi connectivity index (χ0n) is 17.3. The van der Waals surface area contributed by atoms with Crippen molar-refractivity contribution in [2.45, 2.75) is 25.5 Å². The summed E-state index contributed by atoms with van der Waals surface area (Å²) in [6.45, 7) is 2.66. The van der Waals surface area contributed by atoms with Gasteiger partial charge in [0.2, 0.25) is 0 Å². The lowest BCUT2D eigenvalue weighted by Gasteiger charge is -2.40. The van der Waals surface area contributed by atoms with Gasteiger partial charge in [-0.2, -0.15) is 10.2 Å². The van der Waals surface area contributed by atoms with E-state index < -0.39 is 17.7 Å². The maximum Gasteiger partial charge on any atom is 0.341 e. The molecule has 12 heteroatoms. The molecule has 2 aromatic heterocycles. The smallest absolute Gasteiger partial charge is 0.341 e. The molecule has 0 saturated carbocycles. The average Bonchev–Trinajstić information content (AvgIpc) is 3.43. The Bertz CT molecular complexity index is 1160. The van der Waals surface area contributed by atoms with E-state index in [1.54, 1.807) is 22.0 Å². The van der Waals surface area contributed by atoms with Crippen LogP contribution >= 0.6 is 11.3 Å². The molecule has 2 amide bonds. The van der Waals surface area contributed by atoms with Crippen molar-refractivity contribution in [3.63, 3.8) is 0 Å². The summed E-state index contributed by atoms with van der Waals surface area (Å²) in [4.78, 5) is 14.4. The topological polar surface area (TPSA) is 88.7 Å². The van der Waals surface area contributed by atoms with Crippen LogP contribution in [0.4, 0.5) is 13.6 Å². The number of nitrogens with zero attached hydrogens (tertiary/aromatic N) is 7. The van der Waals surface area contributed by atoms with Gasteiger partial charge in [0.25, 0.3) is 5.19 Å². The van der Waals surface area contributed by atoms with E-state index in [9.17, 15) is 13.6 Å². The molecule has 32 heavy (non-hydrogen) atoms. The molecule has 1 saturated heterocycles. The number of ether oxygens (including phenoxy) is 1. The zero-order valence-corrected chi connectivity index (χ0v) is 18.1. The molecule has 0 N–H and O–H groups in total. The van der Waals surface area contributed by atoms with Crippen LogP contribution in [0.5, 0.6) is 5.19 Å². The molecule has 0 radical (unpaired) electrons. The van der Waals surface area contributed by atoms with Gasteiger partial charge in [-0.15, -0.1) is 5.10 Å². The zero-order chi connectivity index (χ0) is 22.4. The Morgan fingerprint density at radius 2 is 1.94 bits per heavy atom. The highest BCUT2D eigenvalue weighted by molar-refractivity contribution is 7.16. The Labute approximate surface area is 185 Å². The molecule has 9 nitrogen and oxygen atoms in total. The number of carbonyl (C=O) groups excluding carboxylic acids is 1. The summed E-state index contributed by atoms with van der Waals surface area (Å²) >= 11 is 1.32. The van der Waals surface area contributed by atoms with Crippen LogP contribution in [0.2, 0.25) is 0 Å². The van der Waals surface area contributed by atoms with Gasteiger partial charge in [-0.1, -0.05) is 16.4 Å². The second kappa shape index (κ2) is 7.93. The number of hydrogen-bond donors (Lipinski definition) is 0. The summed E-state index contributed by atoms with van der Waals surface area (Å²) in [5, 5.41) is 19.0. The number of hydrogen-bond acceptors (Lipinski definition) is 7. The fourth-order valence-corrected chi connectivity index (χ4v) is 4.71. The van der Waals surface area contributed by atoms with Crippen LogP contribution < -0.4 is 4.74 Å². The predicted octanol–water partition coefficient (Wildman–Crippen LogP) is 3.14. The minimum absolute atomic E-state index is 0.218. The van der Waals surface area contributed by atoms with Crippen LogP contribution in [0.25, 0.3) is 10.7 Å². The van der Waals surface area contributed by atoms with Crippen LogP contribution in [0.15, 0.2) is 29.5 Å². The van der Waals surface area contributed by atoms with Crippen LogP contribution in [0, 0.1) is 18.6 Å². The number of urea groups is 1. The summed E-state index contributed by atoms with van der Waals surface area (Å²) in [5.41, 5.74) is 2.25. The Morgan fingerprint density at radius 3 is 2.62 bits per heavy atom. The number of carbonyl (C=O) groups is 1. The van der Waals surface area contributed by atoms with Crippen molar-refractivity contribution in [3.05, 3.63) is 47.2 Å². The van der Waals surface area contributed by atoms with Gasteiger partial charge in [0.05, 0.1) is 25.3 Å². The van der Waals surface area contributed by atoms with E-state index in [1.807, 2.05) is 14.0 Å². The number of benzene rings is 1. The van der Waals surface area contributed by atoms with Gasteiger partial charge in [0, 0.05) is 25.7 Å². The molecule has 0 unspecified atom stereocenters. The highest BCUT2D eigenvalue weighted by atomic mass is 32.1. The molecule has 2 aliphatic heterocycles. The monoisotopic (exact) mass is 459 g/mol. The molecule has 1 atom stereocenters. The normalized spacial score (nSPS) is 18.3. The summed E-state index contributed by atoms with van der Waals surface area (Å²) in [7, 11) is 1.84. The first-order valence-corrected chi connectivity index (χ1v) is 10.8. The largest absolute Gasteiger partial charge is 0.462 e. The molecule has 166 valence electrons. The fourth-order valence-electron chi connectivity index (χ4n) is 3.81. The number of halogens is 2. The van der Waals surface area contributed by atoms with Gasteiger partial charge >= 0.3 is 6.03 Å². The third kappa shape index (κ3) is 3.70. The molecule has 5 rings (SSSR count). The maximum absolute atomic E-state index is 13.6. The van der Waals surface area contributed by atoms with Crippen LogP contribution in [-0.4, -0.2) is 61.3 Å². The second-order valence-corrected chi connectivity index (χ2v) is 8.64. The van der Waals surface area contributed by atoms with E-state index >= 15 is 0 Å². The van der Waals surface area contributed by atoms with Crippen molar-refractivity contribution in [1.29, 1.82) is 0 Å². The van der Waals surface area contributed by atoms with Gasteiger partial charge in [0.1, 0.15) is 23.4 Å². The van der Waals surface area contributed by atoms with Crippen molar-refractivity contribution in [2.75, 3.05) is 13.1 Å². The standard InChI is InChI=1S/C20H19F2N7O2S/c1-11-8-24-27(2)17(11)18-25-26-19(32-18)31-15-9-28(10-15)20(30)29-16(3-4-23-29)12-5-13(21)7-14(22)6-12/h4-8,15-16H,3,9-10H2,1-2H3/t16-/m0/s1. The summed E-state index contributed by atoms with van der Waals surface area (Å²) in [6.07, 6.45) is 3.51.